The van der Waals surface area contributed by atoms with E-state index in [-0.39, 0.29) is 11.7 Å². The molecule has 0 aliphatic carbocycles. The fourth-order valence-electron chi connectivity index (χ4n) is 2.03. The van der Waals surface area contributed by atoms with Gasteiger partial charge in [-0.1, -0.05) is 13.8 Å². The van der Waals surface area contributed by atoms with Gasteiger partial charge in [0.05, 0.1) is 26.4 Å². The van der Waals surface area contributed by atoms with Gasteiger partial charge < -0.3 is 14.8 Å². The molecule has 0 aromatic rings. The molecule has 0 radical (unpaired) electrons. The number of methoxy groups -OCH3 is 1. The zero-order valence-corrected chi connectivity index (χ0v) is 12.0. The van der Waals surface area contributed by atoms with Gasteiger partial charge in [0.25, 0.3) is 0 Å². The topological polar surface area (TPSA) is 67.9 Å². The molecule has 1 amide bonds. The zero-order valence-electron chi connectivity index (χ0n) is 12.0. The number of ketones is 1. The number of amides is 1. The molecule has 19 heavy (non-hydrogen) atoms. The largest absolute Gasteiger partial charge is 0.453 e. The van der Waals surface area contributed by atoms with Crippen molar-refractivity contribution in [1.29, 1.82) is 0 Å². The van der Waals surface area contributed by atoms with E-state index in [1.54, 1.807) is 0 Å². The molecule has 0 spiro atoms. The van der Waals surface area contributed by atoms with E-state index in [2.05, 4.69) is 15.0 Å². The van der Waals surface area contributed by atoms with E-state index in [4.69, 9.17) is 4.74 Å². The molecule has 6 nitrogen and oxygen atoms in total. The van der Waals surface area contributed by atoms with Crippen molar-refractivity contribution in [3.05, 3.63) is 0 Å². The molecule has 0 aromatic carbocycles. The van der Waals surface area contributed by atoms with Crippen molar-refractivity contribution >= 4 is 11.9 Å². The first kappa shape index (κ1) is 15.9. The average molecular weight is 272 g/mol. The van der Waals surface area contributed by atoms with Crippen LogP contribution in [0.2, 0.25) is 0 Å². The van der Waals surface area contributed by atoms with Gasteiger partial charge in [-0.05, 0) is 6.42 Å². The van der Waals surface area contributed by atoms with E-state index in [1.165, 1.54) is 7.11 Å². The Kier molecular flexibility index (Phi) is 6.80. The lowest BCUT2D eigenvalue weighted by Crippen LogP contribution is -2.46. The van der Waals surface area contributed by atoms with Crippen molar-refractivity contribution in [2.45, 2.75) is 26.3 Å². The van der Waals surface area contributed by atoms with Gasteiger partial charge in [0.2, 0.25) is 0 Å². The minimum atomic E-state index is -0.555. The normalized spacial score (nSPS) is 18.1. The Hall–Kier alpha value is -1.14. The molecule has 1 rings (SSSR count). The molecule has 0 unspecified atom stereocenters. The summed E-state index contributed by atoms with van der Waals surface area (Å²) in [6, 6.07) is -0.477. The highest BCUT2D eigenvalue weighted by Crippen LogP contribution is 2.07. The number of nitrogens with one attached hydrogen (secondary N) is 1. The van der Waals surface area contributed by atoms with Gasteiger partial charge in [0.1, 0.15) is 0 Å². The number of hydrogen-bond acceptors (Lipinski definition) is 5. The predicted octanol–water partition coefficient (Wildman–Crippen LogP) is 0.658. The lowest BCUT2D eigenvalue weighted by molar-refractivity contribution is -0.124. The van der Waals surface area contributed by atoms with Crippen molar-refractivity contribution in [2.75, 3.05) is 40.0 Å². The number of hydrogen-bond donors (Lipinski definition) is 1. The Morgan fingerprint density at radius 1 is 1.32 bits per heavy atom. The Bertz CT molecular complexity index is 301. The van der Waals surface area contributed by atoms with Crippen LogP contribution in [0.5, 0.6) is 0 Å². The van der Waals surface area contributed by atoms with Crippen molar-refractivity contribution < 1.29 is 19.1 Å². The molecule has 110 valence electrons. The molecule has 0 aromatic heterocycles. The first-order valence-corrected chi connectivity index (χ1v) is 6.73. The van der Waals surface area contributed by atoms with E-state index in [9.17, 15) is 9.59 Å². The molecule has 1 aliphatic rings. The van der Waals surface area contributed by atoms with Crippen LogP contribution in [0.4, 0.5) is 4.79 Å². The predicted molar refractivity (Wildman–Crippen MR) is 71.0 cm³/mol. The lowest BCUT2D eigenvalue weighted by atomic mass is 9.99. The van der Waals surface area contributed by atoms with Gasteiger partial charge in [-0.3, -0.25) is 9.69 Å². The van der Waals surface area contributed by atoms with E-state index in [1.807, 2.05) is 13.8 Å². The van der Waals surface area contributed by atoms with Gasteiger partial charge in [0, 0.05) is 25.6 Å². The minimum Gasteiger partial charge on any atom is -0.453 e. The van der Waals surface area contributed by atoms with Gasteiger partial charge in [-0.2, -0.15) is 0 Å². The molecule has 1 N–H and O–H groups in total. The summed E-state index contributed by atoms with van der Waals surface area (Å²) in [4.78, 5) is 25.6. The monoisotopic (exact) mass is 272 g/mol. The van der Waals surface area contributed by atoms with Gasteiger partial charge in [-0.15, -0.1) is 0 Å². The number of rotatable bonds is 6. The molecular weight excluding hydrogens is 248 g/mol. The standard InChI is InChI=1S/C13H24N2O4/c1-10(2)12(16)11(14-13(17)18-3)4-5-15-6-8-19-9-7-15/h10-11H,4-9H2,1-3H3,(H,14,17)/t11-/m0/s1. The lowest BCUT2D eigenvalue weighted by Gasteiger charge is -2.28. The third-order valence-electron chi connectivity index (χ3n) is 3.23. The number of carbonyl (C=O) groups is 2. The molecule has 0 bridgehead atoms. The number of morpholine rings is 1. The maximum absolute atomic E-state index is 12.1. The summed E-state index contributed by atoms with van der Waals surface area (Å²) in [6.45, 7) is 7.66. The third-order valence-corrected chi connectivity index (χ3v) is 3.23. The molecule has 1 atom stereocenters. The molecule has 0 saturated carbocycles. The van der Waals surface area contributed by atoms with Crippen LogP contribution in [-0.2, 0) is 14.3 Å². The summed E-state index contributed by atoms with van der Waals surface area (Å²) >= 11 is 0. The van der Waals surface area contributed by atoms with E-state index in [0.29, 0.717) is 6.42 Å². The number of alkyl carbamates (subject to hydrolysis) is 1. The van der Waals surface area contributed by atoms with Crippen molar-refractivity contribution in [3.8, 4) is 0 Å². The van der Waals surface area contributed by atoms with Crippen LogP contribution in [0.3, 0.4) is 0 Å². The van der Waals surface area contributed by atoms with Gasteiger partial charge >= 0.3 is 6.09 Å². The van der Waals surface area contributed by atoms with Crippen LogP contribution in [0.1, 0.15) is 20.3 Å². The van der Waals surface area contributed by atoms with Crippen molar-refractivity contribution in [1.82, 2.24) is 10.2 Å². The molecule has 1 aliphatic heterocycles. The van der Waals surface area contributed by atoms with Crippen molar-refractivity contribution in [2.24, 2.45) is 5.92 Å². The average Bonchev–Trinajstić information content (AvgIpc) is 2.43. The quantitative estimate of drug-likeness (QED) is 0.769. The van der Waals surface area contributed by atoms with Crippen LogP contribution in [0.15, 0.2) is 0 Å². The molecular formula is C13H24N2O4. The molecule has 1 fully saturated rings. The fraction of sp³-hybridized carbons (Fsp3) is 0.846. The summed E-state index contributed by atoms with van der Waals surface area (Å²) in [5.41, 5.74) is 0. The zero-order chi connectivity index (χ0) is 14.3. The first-order chi connectivity index (χ1) is 9.04. The van der Waals surface area contributed by atoms with Crippen molar-refractivity contribution in [3.63, 3.8) is 0 Å². The summed E-state index contributed by atoms with van der Waals surface area (Å²) in [7, 11) is 1.30. The summed E-state index contributed by atoms with van der Waals surface area (Å²) in [6.07, 6.45) is 0.0486. The second kappa shape index (κ2) is 8.12. The fourth-order valence-corrected chi connectivity index (χ4v) is 2.03. The van der Waals surface area contributed by atoms with E-state index < -0.39 is 12.1 Å². The minimum absolute atomic E-state index is 0.0404. The second-order valence-corrected chi connectivity index (χ2v) is 4.99. The van der Waals surface area contributed by atoms with E-state index in [0.717, 1.165) is 32.8 Å². The first-order valence-electron chi connectivity index (χ1n) is 6.73. The molecule has 1 saturated heterocycles. The summed E-state index contributed by atoms with van der Waals surface area (Å²) in [5.74, 6) is -0.0643. The number of carbonyl (C=O) groups excluding carboxylic acids is 2. The maximum Gasteiger partial charge on any atom is 0.407 e. The Morgan fingerprint density at radius 3 is 2.47 bits per heavy atom. The van der Waals surface area contributed by atoms with Crippen LogP contribution >= 0.6 is 0 Å². The summed E-state index contributed by atoms with van der Waals surface area (Å²) < 4.78 is 9.84. The Morgan fingerprint density at radius 2 is 1.95 bits per heavy atom. The van der Waals surface area contributed by atoms with Crippen LogP contribution < -0.4 is 5.32 Å². The third kappa shape index (κ3) is 5.57. The molecule has 6 heteroatoms. The van der Waals surface area contributed by atoms with Crippen LogP contribution in [-0.4, -0.2) is 62.8 Å². The van der Waals surface area contributed by atoms with Crippen LogP contribution in [0.25, 0.3) is 0 Å². The van der Waals surface area contributed by atoms with Gasteiger partial charge in [-0.25, -0.2) is 4.79 Å². The number of ether oxygens (including phenoxy) is 2. The number of nitrogens with zero attached hydrogens (tertiary/aromatic N) is 1. The maximum atomic E-state index is 12.1. The smallest absolute Gasteiger partial charge is 0.407 e. The Labute approximate surface area is 114 Å². The SMILES string of the molecule is COC(=O)N[C@@H](CCN1CCOCC1)C(=O)C(C)C. The highest BCUT2D eigenvalue weighted by atomic mass is 16.5. The second-order valence-electron chi connectivity index (χ2n) is 4.99. The van der Waals surface area contributed by atoms with E-state index >= 15 is 0 Å². The number of Topliss-reactive ketones (excluding diaryl/α,β-unsaturated/α-hetero) is 1. The highest BCUT2D eigenvalue weighted by molar-refractivity contribution is 5.88. The molecule has 1 heterocycles. The van der Waals surface area contributed by atoms with Gasteiger partial charge in [0.15, 0.2) is 5.78 Å². The highest BCUT2D eigenvalue weighted by Gasteiger charge is 2.24. The summed E-state index contributed by atoms with van der Waals surface area (Å²) in [5, 5.41) is 2.62. The van der Waals surface area contributed by atoms with Crippen LogP contribution in [0, 0.1) is 5.92 Å². The Balaban J connectivity index is 2.47.